The first-order chi connectivity index (χ1) is 21.2. The number of rotatable bonds is 5. The highest BCUT2D eigenvalue weighted by molar-refractivity contribution is 6.26. The van der Waals surface area contributed by atoms with E-state index in [4.69, 9.17) is 0 Å². The van der Waals surface area contributed by atoms with E-state index in [2.05, 4.69) is 58.6 Å². The molecular weight excluding hydrogens is 532 g/mol. The van der Waals surface area contributed by atoms with Crippen molar-refractivity contribution in [2.75, 3.05) is 9.91 Å². The van der Waals surface area contributed by atoms with E-state index in [1.54, 1.807) is 12.1 Å². The maximum absolute atomic E-state index is 13.5. The minimum absolute atomic E-state index is 0.348. The van der Waals surface area contributed by atoms with Crippen LogP contribution in [0, 0.1) is 11.8 Å². The second-order valence-electron chi connectivity index (χ2n) is 10.4. The summed E-state index contributed by atoms with van der Waals surface area (Å²) in [7, 11) is 0. The van der Waals surface area contributed by atoms with Gasteiger partial charge in [0.15, 0.2) is 12.1 Å². The lowest BCUT2D eigenvalue weighted by atomic mass is 9.70. The number of anilines is 2. The third-order valence-corrected chi connectivity index (χ3v) is 7.94. The molecule has 0 radical (unpaired) electrons. The second kappa shape index (κ2) is 10.9. The molecule has 2 unspecified atom stereocenters. The highest BCUT2D eigenvalue weighted by atomic mass is 16.2. The molecule has 6 nitrogen and oxygen atoms in total. The molecule has 0 aromatic heterocycles. The van der Waals surface area contributed by atoms with Gasteiger partial charge in [-0.3, -0.25) is 9.59 Å². The van der Waals surface area contributed by atoms with Crippen LogP contribution in [0.2, 0.25) is 0 Å². The van der Waals surface area contributed by atoms with Crippen molar-refractivity contribution in [2.45, 2.75) is 17.5 Å². The molecule has 5 aromatic carbocycles. The molecule has 2 aliphatic heterocycles. The Morgan fingerprint density at radius 1 is 0.558 bits per heavy atom. The summed E-state index contributed by atoms with van der Waals surface area (Å²) in [5.41, 5.74) is 4.44. The van der Waals surface area contributed by atoms with Crippen LogP contribution in [0.3, 0.4) is 0 Å². The van der Waals surface area contributed by atoms with Crippen molar-refractivity contribution in [2.24, 2.45) is 10.3 Å². The number of carbonyl (C=O) groups is 2. The lowest BCUT2D eigenvalue weighted by Gasteiger charge is -2.31. The molecule has 43 heavy (non-hydrogen) atoms. The monoisotopic (exact) mass is 558 g/mol. The van der Waals surface area contributed by atoms with Gasteiger partial charge in [0, 0.05) is 5.56 Å². The molecule has 7 rings (SSSR count). The highest BCUT2D eigenvalue weighted by Crippen LogP contribution is 2.39. The molecular formula is C37H26N4O2. The van der Waals surface area contributed by atoms with Crippen molar-refractivity contribution in [1.29, 1.82) is 0 Å². The van der Waals surface area contributed by atoms with E-state index in [0.29, 0.717) is 11.4 Å². The van der Waals surface area contributed by atoms with Crippen molar-refractivity contribution in [3.8, 4) is 11.8 Å². The first-order valence-electron chi connectivity index (χ1n) is 14.1. The smallest absolute Gasteiger partial charge is 0.263 e. The van der Waals surface area contributed by atoms with Crippen LogP contribution in [0.25, 0.3) is 0 Å². The summed E-state index contributed by atoms with van der Waals surface area (Å²) in [5.74, 6) is 6.31. The topological polar surface area (TPSA) is 65.3 Å². The molecule has 6 heteroatoms. The summed E-state index contributed by atoms with van der Waals surface area (Å²) in [6, 6.07) is 45.7. The van der Waals surface area contributed by atoms with Crippen LogP contribution in [0.15, 0.2) is 156 Å². The Morgan fingerprint density at radius 3 is 1.56 bits per heavy atom. The number of carbonyl (C=O) groups excluding carboxylic acids is 2. The number of nitrogens with zero attached hydrogens (tertiary/aromatic N) is 4. The lowest BCUT2D eigenvalue weighted by Crippen LogP contribution is -2.39. The standard InChI is InChI=1S/C37H26N4O2/c42-35-33-34(41(39-38-33)32-19-11-4-12-20-32)36(43)40(35)31-23-21-27(22-24-31)25-26-37(28-13-5-1-6-14-28,29-15-7-2-8-16-29)30-17-9-3-10-18-30/h1-24,33-34H. The van der Waals surface area contributed by atoms with Crippen LogP contribution in [0.5, 0.6) is 0 Å². The highest BCUT2D eigenvalue weighted by Gasteiger charge is 2.55. The van der Waals surface area contributed by atoms with Gasteiger partial charge in [-0.2, -0.15) is 5.11 Å². The van der Waals surface area contributed by atoms with E-state index in [1.807, 2.05) is 97.1 Å². The van der Waals surface area contributed by atoms with Gasteiger partial charge >= 0.3 is 0 Å². The molecule has 1 saturated heterocycles. The third kappa shape index (κ3) is 4.48. The van der Waals surface area contributed by atoms with Gasteiger partial charge in [-0.1, -0.05) is 126 Å². The van der Waals surface area contributed by atoms with Crippen molar-refractivity contribution in [1.82, 2.24) is 0 Å². The van der Waals surface area contributed by atoms with E-state index in [0.717, 1.165) is 22.3 Å². The van der Waals surface area contributed by atoms with Crippen LogP contribution in [0.4, 0.5) is 11.4 Å². The van der Waals surface area contributed by atoms with Crippen LogP contribution in [-0.2, 0) is 15.0 Å². The number of benzene rings is 5. The van der Waals surface area contributed by atoms with Gasteiger partial charge in [-0.25, -0.2) is 9.91 Å². The summed E-state index contributed by atoms with van der Waals surface area (Å²) in [6.45, 7) is 0. The Kier molecular flexibility index (Phi) is 6.61. The van der Waals surface area contributed by atoms with Gasteiger partial charge in [0.2, 0.25) is 0 Å². The summed E-state index contributed by atoms with van der Waals surface area (Å²) < 4.78 is 0. The zero-order valence-electron chi connectivity index (χ0n) is 23.1. The summed E-state index contributed by atoms with van der Waals surface area (Å²) >= 11 is 0. The molecule has 1 fully saturated rings. The minimum atomic E-state index is -0.865. The Labute approximate surface area is 249 Å². The summed E-state index contributed by atoms with van der Waals surface area (Å²) in [5, 5.41) is 9.80. The zero-order valence-corrected chi connectivity index (χ0v) is 23.1. The normalized spacial score (nSPS) is 17.5. The van der Waals surface area contributed by atoms with E-state index >= 15 is 0 Å². The van der Waals surface area contributed by atoms with Gasteiger partial charge in [-0.15, -0.1) is 0 Å². The number of hydrogen-bond donors (Lipinski definition) is 0. The van der Waals surface area contributed by atoms with Gasteiger partial charge in [0.1, 0.15) is 5.41 Å². The van der Waals surface area contributed by atoms with E-state index in [-0.39, 0.29) is 11.8 Å². The van der Waals surface area contributed by atoms with Crippen LogP contribution >= 0.6 is 0 Å². The lowest BCUT2D eigenvalue weighted by molar-refractivity contribution is -0.121. The molecule has 0 bridgehead atoms. The Hall–Kier alpha value is -5.80. The van der Waals surface area contributed by atoms with Crippen LogP contribution in [-0.4, -0.2) is 23.9 Å². The van der Waals surface area contributed by atoms with Crippen LogP contribution < -0.4 is 9.91 Å². The molecule has 0 spiro atoms. The first-order valence-corrected chi connectivity index (χ1v) is 14.1. The predicted octanol–water partition coefficient (Wildman–Crippen LogP) is 6.57. The van der Waals surface area contributed by atoms with E-state index < -0.39 is 17.5 Å². The molecule has 0 N–H and O–H groups in total. The number of fused-ring (bicyclic) bond motifs is 1. The Bertz CT molecular complexity index is 1770. The second-order valence-corrected chi connectivity index (χ2v) is 10.4. The molecule has 5 aromatic rings. The molecule has 206 valence electrons. The first kappa shape index (κ1) is 26.1. The average molecular weight is 559 g/mol. The van der Waals surface area contributed by atoms with E-state index in [9.17, 15) is 9.59 Å². The quantitative estimate of drug-likeness (QED) is 0.139. The van der Waals surface area contributed by atoms with Crippen molar-refractivity contribution >= 4 is 23.2 Å². The molecule has 2 heterocycles. The number of imide groups is 1. The fourth-order valence-corrected chi connectivity index (χ4v) is 5.85. The Morgan fingerprint density at radius 2 is 1.05 bits per heavy atom. The number of amides is 2. The third-order valence-electron chi connectivity index (χ3n) is 7.94. The van der Waals surface area contributed by atoms with Gasteiger partial charge in [0.05, 0.1) is 11.4 Å². The van der Waals surface area contributed by atoms with Gasteiger partial charge in [-0.05, 0) is 53.1 Å². The minimum Gasteiger partial charge on any atom is -0.271 e. The molecule has 0 aliphatic carbocycles. The molecule has 2 amide bonds. The number of para-hydroxylation sites is 1. The fraction of sp³-hybridized carbons (Fsp3) is 0.0811. The molecule has 2 atom stereocenters. The summed E-state index contributed by atoms with van der Waals surface area (Å²) in [4.78, 5) is 28.0. The Balaban J connectivity index is 1.24. The predicted molar refractivity (Wildman–Crippen MR) is 166 cm³/mol. The van der Waals surface area contributed by atoms with Crippen LogP contribution in [0.1, 0.15) is 22.3 Å². The van der Waals surface area contributed by atoms with Crippen molar-refractivity contribution in [3.63, 3.8) is 0 Å². The molecule has 2 aliphatic rings. The average Bonchev–Trinajstić information content (AvgIpc) is 3.63. The van der Waals surface area contributed by atoms with E-state index in [1.165, 1.54) is 9.91 Å². The maximum Gasteiger partial charge on any atom is 0.263 e. The molecule has 0 saturated carbocycles. The van der Waals surface area contributed by atoms with Gasteiger partial charge in [0.25, 0.3) is 11.8 Å². The van der Waals surface area contributed by atoms with Gasteiger partial charge < -0.3 is 0 Å². The SMILES string of the molecule is O=C1C2N=NN(c3ccccc3)C2C(=O)N1c1ccc(C#CC(c2ccccc2)(c2ccccc2)c2ccccc2)cc1. The fourth-order valence-electron chi connectivity index (χ4n) is 5.85. The summed E-state index contributed by atoms with van der Waals surface area (Å²) in [6.07, 6.45) is 0. The zero-order chi connectivity index (χ0) is 29.2. The number of hydrogen-bond acceptors (Lipinski definition) is 5. The van der Waals surface area contributed by atoms with Crippen molar-refractivity contribution in [3.05, 3.63) is 168 Å². The largest absolute Gasteiger partial charge is 0.271 e. The van der Waals surface area contributed by atoms with Crippen molar-refractivity contribution < 1.29 is 9.59 Å². The maximum atomic E-state index is 13.5.